The van der Waals surface area contributed by atoms with Crippen molar-refractivity contribution in [2.45, 2.75) is 0 Å². The van der Waals surface area contributed by atoms with Gasteiger partial charge >= 0.3 is 0 Å². The maximum absolute atomic E-state index is 6.07. The summed E-state index contributed by atoms with van der Waals surface area (Å²) in [6.07, 6.45) is 0. The van der Waals surface area contributed by atoms with Gasteiger partial charge in [0, 0.05) is 47.1 Å². The zero-order chi connectivity index (χ0) is 27.8. The van der Waals surface area contributed by atoms with Crippen molar-refractivity contribution >= 4 is 103 Å². The van der Waals surface area contributed by atoms with E-state index >= 15 is 0 Å². The molecule has 5 aromatic heterocycles. The number of fused-ring (bicyclic) bond motifs is 14. The van der Waals surface area contributed by atoms with E-state index < -0.39 is 0 Å². The smallest absolute Gasteiger partial charge is 0.165 e. The molecule has 0 aliphatic rings. The lowest BCUT2D eigenvalue weighted by Crippen LogP contribution is -1.90. The topological polar surface area (TPSA) is 43.3 Å². The highest BCUT2D eigenvalue weighted by molar-refractivity contribution is 7.26. The minimum absolute atomic E-state index is 0.888. The van der Waals surface area contributed by atoms with Crippen molar-refractivity contribution in [1.29, 1.82) is 0 Å². The summed E-state index contributed by atoms with van der Waals surface area (Å²) in [5, 5.41) is 8.56. The van der Waals surface area contributed by atoms with Gasteiger partial charge in [0.2, 0.25) is 0 Å². The van der Waals surface area contributed by atoms with Crippen LogP contribution in [0.4, 0.5) is 0 Å². The average Bonchev–Trinajstić information content (AvgIpc) is 3.79. The first-order valence-electron chi connectivity index (χ1n) is 14.4. The quantitative estimate of drug-likeness (QED) is 0.199. The van der Waals surface area contributed by atoms with Crippen LogP contribution >= 0.6 is 11.3 Å². The van der Waals surface area contributed by atoms with Gasteiger partial charge in [-0.05, 0) is 59.7 Å². The normalized spacial score (nSPS) is 12.7. The third-order valence-electron chi connectivity index (χ3n) is 9.10. The van der Waals surface area contributed by atoms with Gasteiger partial charge in [0.05, 0.1) is 22.1 Å². The Hall–Kier alpha value is -5.52. The minimum Gasteiger partial charge on any atom is -0.456 e. The fourth-order valence-electron chi connectivity index (χ4n) is 7.20. The number of hydrogen-bond donors (Lipinski definition) is 0. The second kappa shape index (κ2) is 7.65. The molecule has 6 aromatic carbocycles. The SMILES string of the molecule is c1ccc2c(c1)oc1ccc(-c3ccc4nc5c6cc7c8ccccc8sc7c7c8ccccc8n(c5nc4c3)c67)cc12. The van der Waals surface area contributed by atoms with Gasteiger partial charge in [0.1, 0.15) is 16.7 Å². The van der Waals surface area contributed by atoms with E-state index in [9.17, 15) is 0 Å². The van der Waals surface area contributed by atoms with E-state index in [1.54, 1.807) is 0 Å². The van der Waals surface area contributed by atoms with Gasteiger partial charge < -0.3 is 4.42 Å². The number of benzene rings is 6. The first-order valence-corrected chi connectivity index (χ1v) is 15.2. The van der Waals surface area contributed by atoms with Crippen molar-refractivity contribution in [2.75, 3.05) is 0 Å². The molecular weight excluding hydrogens is 547 g/mol. The Bertz CT molecular complexity index is 2960. The van der Waals surface area contributed by atoms with E-state index in [1.807, 2.05) is 23.5 Å². The molecule has 0 saturated heterocycles. The van der Waals surface area contributed by atoms with Crippen LogP contribution < -0.4 is 0 Å². The number of nitrogens with zero attached hydrogens (tertiary/aromatic N) is 3. The molecule has 0 N–H and O–H groups in total. The molecule has 5 heterocycles. The van der Waals surface area contributed by atoms with Gasteiger partial charge in [0.25, 0.3) is 0 Å². The van der Waals surface area contributed by atoms with Crippen molar-refractivity contribution in [3.05, 3.63) is 115 Å². The van der Waals surface area contributed by atoms with Crippen LogP contribution in [0.15, 0.2) is 120 Å². The maximum atomic E-state index is 6.07. The van der Waals surface area contributed by atoms with E-state index in [1.165, 1.54) is 42.0 Å². The molecule has 0 radical (unpaired) electrons. The van der Waals surface area contributed by atoms with E-state index in [0.29, 0.717) is 0 Å². The number of para-hydroxylation sites is 2. The van der Waals surface area contributed by atoms with Gasteiger partial charge in [0.15, 0.2) is 5.65 Å². The monoisotopic (exact) mass is 565 g/mol. The lowest BCUT2D eigenvalue weighted by molar-refractivity contribution is 0.669. The minimum atomic E-state index is 0.888. The Labute approximate surface area is 247 Å². The highest BCUT2D eigenvalue weighted by Crippen LogP contribution is 2.47. The van der Waals surface area contributed by atoms with Gasteiger partial charge in [-0.2, -0.15) is 0 Å². The largest absolute Gasteiger partial charge is 0.456 e. The standard InChI is InChI=1S/C38H19N3OS/c1-4-10-30-24(9-1)34-36-27(19-26-23-8-3-6-12-33(23)43-37(26)34)35-38(41(30)36)40-29-18-21(13-15-28(29)39-35)20-14-16-32-25(17-20)22-7-2-5-11-31(22)42-32/h1-19H. The second-order valence-electron chi connectivity index (χ2n) is 11.4. The number of aromatic nitrogens is 3. The van der Waals surface area contributed by atoms with Crippen molar-refractivity contribution in [3.63, 3.8) is 0 Å². The Morgan fingerprint density at radius 2 is 1.33 bits per heavy atom. The maximum Gasteiger partial charge on any atom is 0.165 e. The molecule has 0 bridgehead atoms. The zero-order valence-corrected chi connectivity index (χ0v) is 23.4. The van der Waals surface area contributed by atoms with E-state index in [0.717, 1.165) is 60.6 Å². The van der Waals surface area contributed by atoms with Crippen molar-refractivity contribution in [2.24, 2.45) is 0 Å². The number of furan rings is 1. The predicted molar refractivity (Wildman–Crippen MR) is 180 cm³/mol. The Morgan fingerprint density at radius 1 is 0.558 bits per heavy atom. The summed E-state index contributed by atoms with van der Waals surface area (Å²) in [6.45, 7) is 0. The molecule has 11 rings (SSSR count). The number of thiophene rings is 1. The summed E-state index contributed by atoms with van der Waals surface area (Å²) >= 11 is 1.88. The van der Waals surface area contributed by atoms with Gasteiger partial charge in [-0.1, -0.05) is 66.7 Å². The highest BCUT2D eigenvalue weighted by Gasteiger charge is 2.23. The van der Waals surface area contributed by atoms with Crippen LogP contribution in [-0.4, -0.2) is 14.4 Å². The second-order valence-corrected chi connectivity index (χ2v) is 12.4. The van der Waals surface area contributed by atoms with Crippen molar-refractivity contribution in [1.82, 2.24) is 14.4 Å². The van der Waals surface area contributed by atoms with Crippen LogP contribution in [0.2, 0.25) is 0 Å². The fraction of sp³-hybridized carbons (Fsp3) is 0. The summed E-state index contributed by atoms with van der Waals surface area (Å²) in [7, 11) is 0. The summed E-state index contributed by atoms with van der Waals surface area (Å²) in [5.74, 6) is 0. The molecule has 43 heavy (non-hydrogen) atoms. The molecule has 0 aliphatic carbocycles. The molecule has 0 fully saturated rings. The summed E-state index contributed by atoms with van der Waals surface area (Å²) in [6, 6.07) is 40.8. The molecule has 0 aliphatic heterocycles. The molecule has 0 unspecified atom stereocenters. The number of hydrogen-bond acceptors (Lipinski definition) is 4. The van der Waals surface area contributed by atoms with Gasteiger partial charge in [-0.25, -0.2) is 9.97 Å². The molecule has 11 aromatic rings. The van der Waals surface area contributed by atoms with Gasteiger partial charge in [-0.3, -0.25) is 4.40 Å². The summed E-state index contributed by atoms with van der Waals surface area (Å²) < 4.78 is 11.0. The first kappa shape index (κ1) is 22.1. The average molecular weight is 566 g/mol. The molecule has 198 valence electrons. The van der Waals surface area contributed by atoms with E-state index in [2.05, 4.69) is 108 Å². The van der Waals surface area contributed by atoms with Gasteiger partial charge in [-0.15, -0.1) is 11.3 Å². The van der Waals surface area contributed by atoms with Crippen LogP contribution in [0.25, 0.3) is 103 Å². The van der Waals surface area contributed by atoms with Crippen molar-refractivity contribution < 1.29 is 4.42 Å². The predicted octanol–water partition coefficient (Wildman–Crippen LogP) is 10.7. The third-order valence-corrected chi connectivity index (χ3v) is 10.3. The zero-order valence-electron chi connectivity index (χ0n) is 22.6. The Kier molecular flexibility index (Phi) is 3.94. The molecule has 0 atom stereocenters. The summed E-state index contributed by atoms with van der Waals surface area (Å²) in [4.78, 5) is 10.6. The van der Waals surface area contributed by atoms with E-state index in [-0.39, 0.29) is 0 Å². The highest BCUT2D eigenvalue weighted by atomic mass is 32.1. The lowest BCUT2D eigenvalue weighted by Gasteiger charge is -2.05. The van der Waals surface area contributed by atoms with Crippen molar-refractivity contribution in [3.8, 4) is 11.1 Å². The summed E-state index contributed by atoms with van der Waals surface area (Å²) in [5.41, 5.74) is 10.1. The third kappa shape index (κ3) is 2.75. The van der Waals surface area contributed by atoms with Crippen LogP contribution in [0.1, 0.15) is 0 Å². The van der Waals surface area contributed by atoms with Crippen LogP contribution in [0, 0.1) is 0 Å². The molecule has 5 heteroatoms. The molecule has 4 nitrogen and oxygen atoms in total. The molecule has 0 spiro atoms. The molecule has 0 saturated carbocycles. The van der Waals surface area contributed by atoms with Crippen LogP contribution in [0.3, 0.4) is 0 Å². The first-order chi connectivity index (χ1) is 21.3. The van der Waals surface area contributed by atoms with Crippen LogP contribution in [-0.2, 0) is 0 Å². The lowest BCUT2D eigenvalue weighted by atomic mass is 10.0. The molecular formula is C38H19N3OS. The number of rotatable bonds is 1. The fourth-order valence-corrected chi connectivity index (χ4v) is 8.44. The van der Waals surface area contributed by atoms with Crippen LogP contribution in [0.5, 0.6) is 0 Å². The van der Waals surface area contributed by atoms with E-state index in [4.69, 9.17) is 14.4 Å². The Balaban J connectivity index is 1.23. The Morgan fingerprint density at radius 3 is 2.28 bits per heavy atom. The molecule has 0 amide bonds.